The summed E-state index contributed by atoms with van der Waals surface area (Å²) in [6.45, 7) is 1.10. The van der Waals surface area contributed by atoms with Gasteiger partial charge in [0, 0.05) is 13.6 Å². The zero-order chi connectivity index (χ0) is 11.4. The lowest BCUT2D eigenvalue weighted by molar-refractivity contribution is 0.306. The van der Waals surface area contributed by atoms with E-state index in [1.165, 1.54) is 0 Å². The van der Waals surface area contributed by atoms with Crippen molar-refractivity contribution in [3.8, 4) is 5.75 Å². The van der Waals surface area contributed by atoms with Crippen LogP contribution in [0.3, 0.4) is 0 Å². The van der Waals surface area contributed by atoms with Crippen molar-refractivity contribution in [2.75, 3.05) is 0 Å². The second kappa shape index (κ2) is 4.81. The molecule has 0 saturated heterocycles. The van der Waals surface area contributed by atoms with Gasteiger partial charge in [-0.1, -0.05) is 24.3 Å². The Kier molecular flexibility index (Phi) is 3.22. The summed E-state index contributed by atoms with van der Waals surface area (Å²) in [6.07, 6.45) is 3.54. The highest BCUT2D eigenvalue weighted by atomic mass is 16.5. The summed E-state index contributed by atoms with van der Waals surface area (Å²) in [5, 5.41) is 4.03. The first-order chi connectivity index (χ1) is 7.78. The van der Waals surface area contributed by atoms with E-state index in [1.807, 2.05) is 31.4 Å². The van der Waals surface area contributed by atoms with Crippen LogP contribution in [0.4, 0.5) is 0 Å². The molecular formula is C12H15N3O. The second-order valence-corrected chi connectivity index (χ2v) is 3.66. The number of hydrogen-bond donors (Lipinski definition) is 1. The molecule has 84 valence electrons. The van der Waals surface area contributed by atoms with Gasteiger partial charge in [-0.15, -0.1) is 0 Å². The largest absolute Gasteiger partial charge is 0.486 e. The first-order valence-corrected chi connectivity index (χ1v) is 5.17. The number of ether oxygens (including phenoxy) is 1. The summed E-state index contributed by atoms with van der Waals surface area (Å²) in [4.78, 5) is 0. The molecule has 2 N–H and O–H groups in total. The molecule has 4 nitrogen and oxygen atoms in total. The van der Waals surface area contributed by atoms with Gasteiger partial charge in [-0.25, -0.2) is 0 Å². The Bertz CT molecular complexity index is 465. The van der Waals surface area contributed by atoms with Crippen LogP contribution in [0.15, 0.2) is 36.7 Å². The van der Waals surface area contributed by atoms with Crippen molar-refractivity contribution in [3.63, 3.8) is 0 Å². The highest BCUT2D eigenvalue weighted by Gasteiger charge is 1.98. The van der Waals surface area contributed by atoms with Crippen molar-refractivity contribution in [2.24, 2.45) is 12.8 Å². The fourth-order valence-electron chi connectivity index (χ4n) is 1.49. The number of benzene rings is 1. The van der Waals surface area contributed by atoms with E-state index in [4.69, 9.17) is 10.5 Å². The molecule has 0 bridgehead atoms. The van der Waals surface area contributed by atoms with E-state index in [9.17, 15) is 0 Å². The molecule has 0 atom stereocenters. The van der Waals surface area contributed by atoms with Crippen LogP contribution in [0, 0.1) is 0 Å². The van der Waals surface area contributed by atoms with Gasteiger partial charge in [-0.05, 0) is 11.1 Å². The summed E-state index contributed by atoms with van der Waals surface area (Å²) in [5.41, 5.74) is 7.81. The highest BCUT2D eigenvalue weighted by molar-refractivity contribution is 5.23. The Morgan fingerprint density at radius 3 is 2.88 bits per heavy atom. The Morgan fingerprint density at radius 2 is 2.19 bits per heavy atom. The lowest BCUT2D eigenvalue weighted by Crippen LogP contribution is -1.99. The van der Waals surface area contributed by atoms with E-state index < -0.39 is 0 Å². The molecule has 0 aliphatic rings. The lowest BCUT2D eigenvalue weighted by atomic mass is 10.1. The van der Waals surface area contributed by atoms with Gasteiger partial charge in [0.05, 0.1) is 12.4 Å². The van der Waals surface area contributed by atoms with Crippen molar-refractivity contribution in [1.82, 2.24) is 9.78 Å². The molecule has 4 heteroatoms. The minimum absolute atomic E-state index is 0.541. The predicted molar refractivity (Wildman–Crippen MR) is 61.9 cm³/mol. The smallest absolute Gasteiger partial charge is 0.157 e. The number of aromatic nitrogens is 2. The summed E-state index contributed by atoms with van der Waals surface area (Å²) < 4.78 is 7.30. The van der Waals surface area contributed by atoms with Crippen LogP contribution in [0.25, 0.3) is 0 Å². The predicted octanol–water partition coefficient (Wildman–Crippen LogP) is 1.46. The maximum absolute atomic E-state index is 5.59. The van der Waals surface area contributed by atoms with Crippen LogP contribution in [0.5, 0.6) is 5.75 Å². The fourth-order valence-corrected chi connectivity index (χ4v) is 1.49. The maximum Gasteiger partial charge on any atom is 0.157 e. The topological polar surface area (TPSA) is 53.1 Å². The molecule has 0 fully saturated rings. The number of rotatable bonds is 4. The molecule has 0 saturated carbocycles. The van der Waals surface area contributed by atoms with E-state index in [0.717, 1.165) is 16.9 Å². The number of nitrogens with zero attached hydrogens (tertiary/aromatic N) is 2. The van der Waals surface area contributed by atoms with E-state index in [2.05, 4.69) is 11.2 Å². The summed E-state index contributed by atoms with van der Waals surface area (Å²) in [5.74, 6) is 0.778. The van der Waals surface area contributed by atoms with E-state index in [-0.39, 0.29) is 0 Å². The van der Waals surface area contributed by atoms with E-state index >= 15 is 0 Å². The molecule has 0 spiro atoms. The quantitative estimate of drug-likeness (QED) is 0.843. The normalized spacial score (nSPS) is 10.4. The zero-order valence-corrected chi connectivity index (χ0v) is 9.26. The highest BCUT2D eigenvalue weighted by Crippen LogP contribution is 2.11. The number of aryl methyl sites for hydroxylation is 1. The van der Waals surface area contributed by atoms with Gasteiger partial charge in [-0.3, -0.25) is 4.68 Å². The van der Waals surface area contributed by atoms with Gasteiger partial charge >= 0.3 is 0 Å². The fraction of sp³-hybridized carbons (Fsp3) is 0.250. The van der Waals surface area contributed by atoms with E-state index in [1.54, 1.807) is 10.9 Å². The molecule has 1 aromatic heterocycles. The van der Waals surface area contributed by atoms with Crippen LogP contribution < -0.4 is 10.5 Å². The third kappa shape index (κ3) is 2.61. The third-order valence-electron chi connectivity index (χ3n) is 2.31. The van der Waals surface area contributed by atoms with Crippen molar-refractivity contribution in [3.05, 3.63) is 47.8 Å². The SMILES string of the molecule is Cn1cc(OCc2cccc(CN)c2)cn1. The lowest BCUT2D eigenvalue weighted by Gasteiger charge is -2.04. The Morgan fingerprint density at radius 1 is 1.38 bits per heavy atom. The van der Waals surface area contributed by atoms with Gasteiger partial charge < -0.3 is 10.5 Å². The minimum Gasteiger partial charge on any atom is -0.486 e. The van der Waals surface area contributed by atoms with Gasteiger partial charge in [-0.2, -0.15) is 5.10 Å². The average molecular weight is 217 g/mol. The van der Waals surface area contributed by atoms with Crippen LogP contribution in [-0.2, 0) is 20.2 Å². The molecular weight excluding hydrogens is 202 g/mol. The maximum atomic E-state index is 5.59. The standard InChI is InChI=1S/C12H15N3O/c1-15-8-12(7-14-15)16-9-11-4-2-3-10(5-11)6-13/h2-5,7-8H,6,9,13H2,1H3. The summed E-state index contributed by atoms with van der Waals surface area (Å²) >= 11 is 0. The molecule has 0 unspecified atom stereocenters. The molecule has 1 aromatic carbocycles. The van der Waals surface area contributed by atoms with Crippen LogP contribution >= 0.6 is 0 Å². The van der Waals surface area contributed by atoms with Crippen molar-refractivity contribution < 1.29 is 4.74 Å². The summed E-state index contributed by atoms with van der Waals surface area (Å²) in [7, 11) is 1.86. The zero-order valence-electron chi connectivity index (χ0n) is 9.26. The number of nitrogens with two attached hydrogens (primary N) is 1. The van der Waals surface area contributed by atoms with Gasteiger partial charge in [0.1, 0.15) is 6.61 Å². The first-order valence-electron chi connectivity index (χ1n) is 5.17. The third-order valence-corrected chi connectivity index (χ3v) is 2.31. The molecule has 16 heavy (non-hydrogen) atoms. The molecule has 2 aromatic rings. The van der Waals surface area contributed by atoms with Crippen LogP contribution in [0.1, 0.15) is 11.1 Å². The van der Waals surface area contributed by atoms with Crippen LogP contribution in [0.2, 0.25) is 0 Å². The van der Waals surface area contributed by atoms with E-state index in [0.29, 0.717) is 13.2 Å². The molecule has 0 aliphatic carbocycles. The Balaban J connectivity index is 1.99. The summed E-state index contributed by atoms with van der Waals surface area (Å²) in [6, 6.07) is 8.07. The second-order valence-electron chi connectivity index (χ2n) is 3.66. The number of hydrogen-bond acceptors (Lipinski definition) is 3. The van der Waals surface area contributed by atoms with Gasteiger partial charge in [0.15, 0.2) is 5.75 Å². The monoisotopic (exact) mass is 217 g/mol. The molecule has 0 aliphatic heterocycles. The molecule has 0 amide bonds. The van der Waals surface area contributed by atoms with Crippen molar-refractivity contribution >= 4 is 0 Å². The minimum atomic E-state index is 0.541. The Labute approximate surface area is 94.6 Å². The van der Waals surface area contributed by atoms with Crippen LogP contribution in [-0.4, -0.2) is 9.78 Å². The molecule has 2 rings (SSSR count). The van der Waals surface area contributed by atoms with Crippen molar-refractivity contribution in [2.45, 2.75) is 13.2 Å². The van der Waals surface area contributed by atoms with Gasteiger partial charge in [0.25, 0.3) is 0 Å². The first kappa shape index (κ1) is 10.7. The van der Waals surface area contributed by atoms with Crippen molar-refractivity contribution in [1.29, 1.82) is 0 Å². The molecule has 1 heterocycles. The molecule has 0 radical (unpaired) electrons. The average Bonchev–Trinajstić information content (AvgIpc) is 2.73. The van der Waals surface area contributed by atoms with Gasteiger partial charge in [0.2, 0.25) is 0 Å². The Hall–Kier alpha value is -1.81.